The Morgan fingerprint density at radius 2 is 2.33 bits per heavy atom. The monoisotopic (exact) mass is 248 g/mol. The smallest absolute Gasteiger partial charge is 0.160 e. The standard InChI is InChI=1S/C12H16N4O2/c1-18-12-8-10(2-3-11(12)17)9-13-4-6-16-7-5-14-15-16/h2-3,5,7-8,13,17H,4,6,9H2,1H3. The summed E-state index contributed by atoms with van der Waals surface area (Å²) in [5, 5.41) is 20.4. The van der Waals surface area contributed by atoms with E-state index >= 15 is 0 Å². The number of aromatic hydroxyl groups is 1. The van der Waals surface area contributed by atoms with Crippen molar-refractivity contribution in [1.82, 2.24) is 20.3 Å². The molecule has 0 aliphatic heterocycles. The number of phenols is 1. The van der Waals surface area contributed by atoms with Gasteiger partial charge in [-0.1, -0.05) is 11.3 Å². The van der Waals surface area contributed by atoms with Crippen molar-refractivity contribution in [3.63, 3.8) is 0 Å². The topological polar surface area (TPSA) is 72.2 Å². The maximum absolute atomic E-state index is 9.47. The van der Waals surface area contributed by atoms with E-state index in [1.165, 1.54) is 7.11 Å². The van der Waals surface area contributed by atoms with Gasteiger partial charge in [0.25, 0.3) is 0 Å². The summed E-state index contributed by atoms with van der Waals surface area (Å²) in [5.41, 5.74) is 1.06. The van der Waals surface area contributed by atoms with E-state index in [1.807, 2.05) is 18.3 Å². The average Bonchev–Trinajstić information content (AvgIpc) is 2.89. The molecule has 6 heteroatoms. The molecule has 2 aromatic rings. The zero-order valence-corrected chi connectivity index (χ0v) is 10.2. The van der Waals surface area contributed by atoms with Crippen LogP contribution in [0, 0.1) is 0 Å². The van der Waals surface area contributed by atoms with Crippen molar-refractivity contribution in [3.05, 3.63) is 36.2 Å². The molecular formula is C12H16N4O2. The number of aromatic nitrogens is 3. The van der Waals surface area contributed by atoms with Gasteiger partial charge in [0.05, 0.1) is 19.9 Å². The largest absolute Gasteiger partial charge is 0.504 e. The van der Waals surface area contributed by atoms with Crippen molar-refractivity contribution in [3.8, 4) is 11.5 Å². The second-order valence-corrected chi connectivity index (χ2v) is 3.85. The van der Waals surface area contributed by atoms with Crippen LogP contribution in [0.15, 0.2) is 30.6 Å². The summed E-state index contributed by atoms with van der Waals surface area (Å²) >= 11 is 0. The SMILES string of the molecule is COc1cc(CNCCn2ccnn2)ccc1O. The number of nitrogens with one attached hydrogen (secondary N) is 1. The second-order valence-electron chi connectivity index (χ2n) is 3.85. The predicted octanol–water partition coefficient (Wildman–Crippen LogP) is 0.782. The lowest BCUT2D eigenvalue weighted by Crippen LogP contribution is -2.19. The van der Waals surface area contributed by atoms with Crippen LogP contribution in [0.5, 0.6) is 11.5 Å². The molecule has 6 nitrogen and oxygen atoms in total. The first-order valence-electron chi connectivity index (χ1n) is 5.70. The molecule has 0 aliphatic rings. The third-order valence-corrected chi connectivity index (χ3v) is 2.56. The van der Waals surface area contributed by atoms with Crippen LogP contribution >= 0.6 is 0 Å². The van der Waals surface area contributed by atoms with Gasteiger partial charge in [-0.15, -0.1) is 5.10 Å². The fourth-order valence-electron chi connectivity index (χ4n) is 1.61. The highest BCUT2D eigenvalue weighted by atomic mass is 16.5. The van der Waals surface area contributed by atoms with Crippen LogP contribution in [0.2, 0.25) is 0 Å². The highest BCUT2D eigenvalue weighted by molar-refractivity contribution is 5.41. The number of rotatable bonds is 6. The summed E-state index contributed by atoms with van der Waals surface area (Å²) < 4.78 is 6.82. The van der Waals surface area contributed by atoms with E-state index in [0.29, 0.717) is 12.3 Å². The Morgan fingerprint density at radius 3 is 3.06 bits per heavy atom. The molecule has 18 heavy (non-hydrogen) atoms. The molecule has 0 amide bonds. The van der Waals surface area contributed by atoms with Crippen LogP contribution in [0.3, 0.4) is 0 Å². The van der Waals surface area contributed by atoms with E-state index in [9.17, 15) is 5.11 Å². The molecule has 0 bridgehead atoms. The highest BCUT2D eigenvalue weighted by Crippen LogP contribution is 2.25. The van der Waals surface area contributed by atoms with E-state index in [2.05, 4.69) is 15.6 Å². The molecule has 0 atom stereocenters. The summed E-state index contributed by atoms with van der Waals surface area (Å²) in [6, 6.07) is 5.31. The average molecular weight is 248 g/mol. The molecule has 0 saturated carbocycles. The Hall–Kier alpha value is -2.08. The molecule has 0 spiro atoms. The molecule has 0 radical (unpaired) electrons. The number of nitrogens with zero attached hydrogens (tertiary/aromatic N) is 3. The maximum Gasteiger partial charge on any atom is 0.160 e. The van der Waals surface area contributed by atoms with E-state index in [1.54, 1.807) is 16.9 Å². The Balaban J connectivity index is 1.79. The van der Waals surface area contributed by atoms with Gasteiger partial charge in [0.15, 0.2) is 11.5 Å². The summed E-state index contributed by atoms with van der Waals surface area (Å²) in [7, 11) is 1.54. The van der Waals surface area contributed by atoms with Crippen molar-refractivity contribution >= 4 is 0 Å². The van der Waals surface area contributed by atoms with Crippen molar-refractivity contribution in [2.75, 3.05) is 13.7 Å². The van der Waals surface area contributed by atoms with Gasteiger partial charge in [-0.3, -0.25) is 4.68 Å². The minimum Gasteiger partial charge on any atom is -0.504 e. The van der Waals surface area contributed by atoms with Gasteiger partial charge < -0.3 is 15.2 Å². The van der Waals surface area contributed by atoms with Gasteiger partial charge in [0.1, 0.15) is 0 Å². The van der Waals surface area contributed by atoms with E-state index in [4.69, 9.17) is 4.74 Å². The quantitative estimate of drug-likeness (QED) is 0.739. The molecule has 0 aliphatic carbocycles. The van der Waals surface area contributed by atoms with E-state index in [-0.39, 0.29) is 5.75 Å². The van der Waals surface area contributed by atoms with Crippen molar-refractivity contribution in [1.29, 1.82) is 0 Å². The number of phenolic OH excluding ortho intramolecular Hbond substituents is 1. The number of methoxy groups -OCH3 is 1. The first kappa shape index (κ1) is 12.4. The summed E-state index contributed by atoms with van der Waals surface area (Å²) in [6.07, 6.45) is 3.48. The van der Waals surface area contributed by atoms with Gasteiger partial charge in [-0.25, -0.2) is 0 Å². The number of hydrogen-bond donors (Lipinski definition) is 2. The number of ether oxygens (including phenoxy) is 1. The number of hydrogen-bond acceptors (Lipinski definition) is 5. The molecular weight excluding hydrogens is 232 g/mol. The van der Waals surface area contributed by atoms with Gasteiger partial charge in [0.2, 0.25) is 0 Å². The molecule has 0 fully saturated rings. The van der Waals surface area contributed by atoms with Crippen LogP contribution in [0.1, 0.15) is 5.56 Å². The van der Waals surface area contributed by atoms with Crippen molar-refractivity contribution < 1.29 is 9.84 Å². The van der Waals surface area contributed by atoms with Crippen LogP contribution in [0.25, 0.3) is 0 Å². The fraction of sp³-hybridized carbons (Fsp3) is 0.333. The van der Waals surface area contributed by atoms with Crippen molar-refractivity contribution in [2.24, 2.45) is 0 Å². The zero-order valence-electron chi connectivity index (χ0n) is 10.2. The minimum absolute atomic E-state index is 0.156. The zero-order chi connectivity index (χ0) is 12.8. The maximum atomic E-state index is 9.47. The second kappa shape index (κ2) is 6.02. The first-order chi connectivity index (χ1) is 8.79. The Bertz CT molecular complexity index is 485. The summed E-state index contributed by atoms with van der Waals surface area (Å²) in [6.45, 7) is 2.28. The Labute approximate surface area is 105 Å². The van der Waals surface area contributed by atoms with Crippen LogP contribution in [0.4, 0.5) is 0 Å². The van der Waals surface area contributed by atoms with Gasteiger partial charge >= 0.3 is 0 Å². The van der Waals surface area contributed by atoms with Crippen LogP contribution < -0.4 is 10.1 Å². The summed E-state index contributed by atoms with van der Waals surface area (Å²) in [5.74, 6) is 0.648. The third-order valence-electron chi connectivity index (χ3n) is 2.56. The Morgan fingerprint density at radius 1 is 1.44 bits per heavy atom. The normalized spacial score (nSPS) is 10.5. The molecule has 1 aromatic heterocycles. The molecule has 1 heterocycles. The van der Waals surface area contributed by atoms with Gasteiger partial charge in [0, 0.05) is 19.3 Å². The van der Waals surface area contributed by atoms with E-state index < -0.39 is 0 Å². The lowest BCUT2D eigenvalue weighted by Gasteiger charge is -2.08. The lowest BCUT2D eigenvalue weighted by molar-refractivity contribution is 0.372. The molecule has 2 rings (SSSR count). The molecule has 0 saturated heterocycles. The lowest BCUT2D eigenvalue weighted by atomic mass is 10.2. The van der Waals surface area contributed by atoms with Gasteiger partial charge in [-0.05, 0) is 17.7 Å². The fourth-order valence-corrected chi connectivity index (χ4v) is 1.61. The van der Waals surface area contributed by atoms with Gasteiger partial charge in [-0.2, -0.15) is 0 Å². The summed E-state index contributed by atoms with van der Waals surface area (Å²) in [4.78, 5) is 0. The predicted molar refractivity (Wildman–Crippen MR) is 66.4 cm³/mol. The van der Waals surface area contributed by atoms with E-state index in [0.717, 1.165) is 18.7 Å². The number of benzene rings is 1. The minimum atomic E-state index is 0.156. The first-order valence-corrected chi connectivity index (χ1v) is 5.70. The highest BCUT2D eigenvalue weighted by Gasteiger charge is 2.02. The van der Waals surface area contributed by atoms with Crippen LogP contribution in [-0.4, -0.2) is 33.8 Å². The molecule has 96 valence electrons. The molecule has 0 unspecified atom stereocenters. The van der Waals surface area contributed by atoms with Crippen LogP contribution in [-0.2, 0) is 13.1 Å². The third kappa shape index (κ3) is 3.21. The van der Waals surface area contributed by atoms with Crippen molar-refractivity contribution in [2.45, 2.75) is 13.1 Å². The molecule has 2 N–H and O–H groups in total. The Kier molecular flexibility index (Phi) is 4.14. The molecule has 1 aromatic carbocycles.